The van der Waals surface area contributed by atoms with E-state index in [1.807, 2.05) is 6.92 Å². The van der Waals surface area contributed by atoms with Crippen LogP contribution in [0.1, 0.15) is 29.6 Å². The number of ether oxygens (including phenoxy) is 1. The summed E-state index contributed by atoms with van der Waals surface area (Å²) in [5, 5.41) is 0. The summed E-state index contributed by atoms with van der Waals surface area (Å²) >= 11 is 0. The van der Waals surface area contributed by atoms with Crippen molar-refractivity contribution in [2.24, 2.45) is 5.92 Å². The zero-order valence-corrected chi connectivity index (χ0v) is 17.9. The standard InChI is InChI=1S/C25H25N5O/c1-15-9-20-22(10-15)26-14-27-25(20)30-7-8-31-24-6-4-17(11-19(24)13-30)18-3-5-21-23(12-18)29-16(2)28-21/h3-6,11-12,14-15H,7-10,13H2,1-2H3,(H,28,29). The first-order chi connectivity index (χ1) is 15.1. The molecular weight excluding hydrogens is 386 g/mol. The van der Waals surface area contributed by atoms with Gasteiger partial charge in [0.05, 0.1) is 17.6 Å². The minimum atomic E-state index is 0.633. The van der Waals surface area contributed by atoms with Crippen molar-refractivity contribution in [1.29, 1.82) is 0 Å². The Morgan fingerprint density at radius 1 is 1.06 bits per heavy atom. The van der Waals surface area contributed by atoms with Gasteiger partial charge in [-0.05, 0) is 61.1 Å². The first kappa shape index (κ1) is 18.4. The number of nitrogens with one attached hydrogen (secondary N) is 1. The van der Waals surface area contributed by atoms with Gasteiger partial charge in [0.1, 0.15) is 30.3 Å². The molecule has 6 heteroatoms. The average molecular weight is 412 g/mol. The van der Waals surface area contributed by atoms with Crippen LogP contribution in [0.4, 0.5) is 5.82 Å². The second-order valence-corrected chi connectivity index (χ2v) is 8.78. The minimum absolute atomic E-state index is 0.633. The lowest BCUT2D eigenvalue weighted by Crippen LogP contribution is -2.27. The number of fused-ring (bicyclic) bond motifs is 3. The Labute approximate surface area is 181 Å². The maximum absolute atomic E-state index is 6.10. The molecule has 1 unspecified atom stereocenters. The second kappa shape index (κ2) is 7.08. The minimum Gasteiger partial charge on any atom is -0.491 e. The number of imidazole rings is 1. The van der Waals surface area contributed by atoms with Gasteiger partial charge in [0.25, 0.3) is 0 Å². The molecule has 6 nitrogen and oxygen atoms in total. The van der Waals surface area contributed by atoms with Gasteiger partial charge in [-0.2, -0.15) is 0 Å². The summed E-state index contributed by atoms with van der Waals surface area (Å²) in [5.74, 6) is 3.60. The van der Waals surface area contributed by atoms with Crippen LogP contribution in [-0.4, -0.2) is 33.1 Å². The molecule has 0 amide bonds. The van der Waals surface area contributed by atoms with Gasteiger partial charge in [-0.25, -0.2) is 15.0 Å². The van der Waals surface area contributed by atoms with Crippen molar-refractivity contribution in [3.05, 3.63) is 65.4 Å². The van der Waals surface area contributed by atoms with Gasteiger partial charge in [-0.3, -0.25) is 0 Å². The van der Waals surface area contributed by atoms with Crippen LogP contribution in [0, 0.1) is 12.8 Å². The van der Waals surface area contributed by atoms with E-state index in [1.54, 1.807) is 6.33 Å². The normalized spacial score (nSPS) is 17.9. The fourth-order valence-corrected chi connectivity index (χ4v) is 4.92. The Balaban J connectivity index is 1.36. The van der Waals surface area contributed by atoms with Crippen LogP contribution in [0.3, 0.4) is 0 Å². The lowest BCUT2D eigenvalue weighted by molar-refractivity contribution is 0.331. The quantitative estimate of drug-likeness (QED) is 0.527. The number of hydrogen-bond acceptors (Lipinski definition) is 5. The highest BCUT2D eigenvalue weighted by Crippen LogP contribution is 2.35. The van der Waals surface area contributed by atoms with Gasteiger partial charge in [-0.1, -0.05) is 19.1 Å². The summed E-state index contributed by atoms with van der Waals surface area (Å²) in [6.07, 6.45) is 3.82. The van der Waals surface area contributed by atoms with Gasteiger partial charge < -0.3 is 14.6 Å². The Kier molecular flexibility index (Phi) is 4.19. The van der Waals surface area contributed by atoms with Crippen LogP contribution in [-0.2, 0) is 19.4 Å². The monoisotopic (exact) mass is 411 g/mol. The van der Waals surface area contributed by atoms with E-state index in [1.165, 1.54) is 27.9 Å². The van der Waals surface area contributed by atoms with E-state index in [0.717, 1.165) is 54.4 Å². The van der Waals surface area contributed by atoms with E-state index in [2.05, 4.69) is 68.2 Å². The molecule has 0 saturated carbocycles. The van der Waals surface area contributed by atoms with Crippen LogP contribution in [0.15, 0.2) is 42.7 Å². The topological polar surface area (TPSA) is 66.9 Å². The second-order valence-electron chi connectivity index (χ2n) is 8.78. The van der Waals surface area contributed by atoms with Crippen LogP contribution < -0.4 is 9.64 Å². The van der Waals surface area contributed by atoms with E-state index in [0.29, 0.717) is 12.5 Å². The van der Waals surface area contributed by atoms with E-state index in [9.17, 15) is 0 Å². The van der Waals surface area contributed by atoms with Crippen molar-refractivity contribution < 1.29 is 4.74 Å². The van der Waals surface area contributed by atoms with Gasteiger partial charge >= 0.3 is 0 Å². The number of anilines is 1. The number of aromatic amines is 1. The summed E-state index contributed by atoms with van der Waals surface area (Å²) in [7, 11) is 0. The predicted octanol–water partition coefficient (Wildman–Crippen LogP) is 4.46. The van der Waals surface area contributed by atoms with Gasteiger partial charge in [0.2, 0.25) is 0 Å². The molecule has 1 aliphatic carbocycles. The maximum Gasteiger partial charge on any atom is 0.135 e. The summed E-state index contributed by atoms with van der Waals surface area (Å²) in [4.78, 5) is 19.4. The third-order valence-corrected chi connectivity index (χ3v) is 6.38. The molecule has 0 bridgehead atoms. The third kappa shape index (κ3) is 3.23. The Morgan fingerprint density at radius 2 is 1.94 bits per heavy atom. The molecule has 31 heavy (non-hydrogen) atoms. The van der Waals surface area contributed by atoms with Gasteiger partial charge in [0.15, 0.2) is 0 Å². The van der Waals surface area contributed by atoms with E-state index >= 15 is 0 Å². The highest BCUT2D eigenvalue weighted by atomic mass is 16.5. The predicted molar refractivity (Wildman–Crippen MR) is 121 cm³/mol. The highest BCUT2D eigenvalue weighted by molar-refractivity contribution is 5.82. The van der Waals surface area contributed by atoms with Crippen molar-refractivity contribution in [3.8, 4) is 16.9 Å². The first-order valence-electron chi connectivity index (χ1n) is 10.9. The average Bonchev–Trinajstić information content (AvgIpc) is 3.25. The fraction of sp³-hybridized carbons (Fsp3) is 0.320. The molecule has 0 radical (unpaired) electrons. The molecule has 2 aromatic carbocycles. The molecule has 3 heterocycles. The Hall–Kier alpha value is -3.41. The number of rotatable bonds is 2. The Bertz CT molecular complexity index is 1290. The smallest absolute Gasteiger partial charge is 0.135 e. The molecule has 6 rings (SSSR count). The Morgan fingerprint density at radius 3 is 2.87 bits per heavy atom. The summed E-state index contributed by atoms with van der Waals surface area (Å²) in [6.45, 7) is 6.53. The zero-order chi connectivity index (χ0) is 20.9. The number of benzene rings is 2. The van der Waals surface area contributed by atoms with Crippen LogP contribution >= 0.6 is 0 Å². The largest absolute Gasteiger partial charge is 0.491 e. The number of hydrogen-bond donors (Lipinski definition) is 1. The first-order valence-corrected chi connectivity index (χ1v) is 10.9. The molecule has 1 N–H and O–H groups in total. The molecular formula is C25H25N5O. The SMILES string of the molecule is Cc1nc2ccc(-c3ccc4c(c3)CN(c3ncnc5c3CC(C)C5)CCO4)cc2[nH]1. The van der Waals surface area contributed by atoms with Crippen molar-refractivity contribution in [2.75, 3.05) is 18.1 Å². The summed E-state index contributed by atoms with van der Waals surface area (Å²) in [6, 6.07) is 12.9. The maximum atomic E-state index is 6.10. The van der Waals surface area contributed by atoms with E-state index < -0.39 is 0 Å². The lowest BCUT2D eigenvalue weighted by atomic mass is 10.0. The van der Waals surface area contributed by atoms with Crippen LogP contribution in [0.2, 0.25) is 0 Å². The lowest BCUT2D eigenvalue weighted by Gasteiger charge is -2.23. The molecule has 2 aliphatic rings. The van der Waals surface area contributed by atoms with Crippen molar-refractivity contribution in [3.63, 3.8) is 0 Å². The zero-order valence-electron chi connectivity index (χ0n) is 17.9. The molecule has 1 atom stereocenters. The van der Waals surface area contributed by atoms with Gasteiger partial charge in [0, 0.05) is 23.4 Å². The highest BCUT2D eigenvalue weighted by Gasteiger charge is 2.27. The van der Waals surface area contributed by atoms with Crippen molar-refractivity contribution in [2.45, 2.75) is 33.2 Å². The molecule has 2 aromatic heterocycles. The molecule has 4 aromatic rings. The van der Waals surface area contributed by atoms with Gasteiger partial charge in [-0.15, -0.1) is 0 Å². The number of nitrogens with zero attached hydrogens (tertiary/aromatic N) is 4. The molecule has 156 valence electrons. The number of H-pyrrole nitrogens is 1. The molecule has 0 spiro atoms. The van der Waals surface area contributed by atoms with Crippen LogP contribution in [0.25, 0.3) is 22.2 Å². The molecule has 1 aliphatic heterocycles. The van der Waals surface area contributed by atoms with E-state index in [-0.39, 0.29) is 0 Å². The van der Waals surface area contributed by atoms with Crippen molar-refractivity contribution in [1.82, 2.24) is 19.9 Å². The van der Waals surface area contributed by atoms with Crippen molar-refractivity contribution >= 4 is 16.9 Å². The number of aryl methyl sites for hydroxylation is 1. The number of aromatic nitrogens is 4. The van der Waals surface area contributed by atoms with Crippen LogP contribution in [0.5, 0.6) is 5.75 Å². The molecule has 0 fully saturated rings. The summed E-state index contributed by atoms with van der Waals surface area (Å²) < 4.78 is 6.10. The van der Waals surface area contributed by atoms with E-state index in [4.69, 9.17) is 4.74 Å². The third-order valence-electron chi connectivity index (χ3n) is 6.38. The summed E-state index contributed by atoms with van der Waals surface area (Å²) in [5.41, 5.74) is 8.13. The fourth-order valence-electron chi connectivity index (χ4n) is 4.92. The molecule has 0 saturated heterocycles.